The topological polar surface area (TPSA) is 32.3 Å². The molecular weight excluding hydrogens is 320 g/mol. The second-order valence-corrected chi connectivity index (χ2v) is 8.61. The lowest BCUT2D eigenvalue weighted by Crippen LogP contribution is -2.35. The standard InChI is InChI=1S/C23H28N2O/c1-14(2)23(26)17-11-16-8-7-15-5-3-4-6-20(15)25-21-9-10-24-13-19(21)18(12-17)22(16)25/h3,5,7,9,13-14,17-18,20,24H,4,6,8,10-12H2,1-2H3. The molecule has 3 heterocycles. The number of dihydropyridines is 1. The molecule has 5 aliphatic rings. The number of allylic oxidation sites excluding steroid dienone is 5. The van der Waals surface area contributed by atoms with Gasteiger partial charge in [-0.25, -0.2) is 0 Å². The zero-order chi connectivity index (χ0) is 17.8. The van der Waals surface area contributed by atoms with Gasteiger partial charge in [-0.1, -0.05) is 32.1 Å². The van der Waals surface area contributed by atoms with E-state index >= 15 is 0 Å². The van der Waals surface area contributed by atoms with E-state index in [1.165, 1.54) is 34.5 Å². The molecule has 0 amide bonds. The molecule has 0 aromatic rings. The van der Waals surface area contributed by atoms with Gasteiger partial charge in [-0.05, 0) is 49.3 Å². The van der Waals surface area contributed by atoms with Crippen molar-refractivity contribution < 1.29 is 4.79 Å². The van der Waals surface area contributed by atoms with Gasteiger partial charge in [0.05, 0.1) is 6.04 Å². The normalized spacial score (nSPS) is 32.0. The molecule has 3 unspecified atom stereocenters. The molecule has 3 heteroatoms. The summed E-state index contributed by atoms with van der Waals surface area (Å²) in [5.74, 6) is 1.14. The first-order valence-electron chi connectivity index (χ1n) is 10.2. The monoisotopic (exact) mass is 348 g/mol. The van der Waals surface area contributed by atoms with Crippen molar-refractivity contribution in [2.45, 2.75) is 52.0 Å². The fourth-order valence-electron chi connectivity index (χ4n) is 5.59. The molecule has 0 saturated carbocycles. The van der Waals surface area contributed by atoms with Gasteiger partial charge in [0.2, 0.25) is 0 Å². The first kappa shape index (κ1) is 16.2. The van der Waals surface area contributed by atoms with E-state index in [4.69, 9.17) is 0 Å². The number of hydrogen-bond donors (Lipinski definition) is 1. The summed E-state index contributed by atoms with van der Waals surface area (Å²) in [7, 11) is 0. The number of carbonyl (C=O) groups excluding carboxylic acids is 1. The first-order valence-corrected chi connectivity index (χ1v) is 10.2. The highest BCUT2D eigenvalue weighted by Crippen LogP contribution is 2.54. The van der Waals surface area contributed by atoms with Gasteiger partial charge in [-0.3, -0.25) is 4.79 Å². The van der Waals surface area contributed by atoms with E-state index in [1.54, 1.807) is 0 Å². The van der Waals surface area contributed by atoms with E-state index in [9.17, 15) is 4.79 Å². The van der Waals surface area contributed by atoms with Crippen molar-refractivity contribution in [3.8, 4) is 0 Å². The van der Waals surface area contributed by atoms with E-state index in [0.29, 0.717) is 17.7 Å². The van der Waals surface area contributed by atoms with Crippen molar-refractivity contribution in [3.05, 3.63) is 58.6 Å². The molecule has 0 aromatic carbocycles. The Morgan fingerprint density at radius 1 is 1.31 bits per heavy atom. The molecule has 0 radical (unpaired) electrons. The minimum atomic E-state index is 0.128. The maximum atomic E-state index is 12.8. The molecule has 1 saturated heterocycles. The van der Waals surface area contributed by atoms with Crippen molar-refractivity contribution in [1.29, 1.82) is 0 Å². The van der Waals surface area contributed by atoms with Crippen LogP contribution >= 0.6 is 0 Å². The molecule has 26 heavy (non-hydrogen) atoms. The molecule has 0 aromatic heterocycles. The van der Waals surface area contributed by atoms with Crippen LogP contribution < -0.4 is 5.32 Å². The second kappa shape index (κ2) is 6.00. The summed E-state index contributed by atoms with van der Waals surface area (Å²) >= 11 is 0. The zero-order valence-corrected chi connectivity index (χ0v) is 15.8. The number of carbonyl (C=O) groups is 1. The van der Waals surface area contributed by atoms with Crippen LogP contribution in [0.15, 0.2) is 58.6 Å². The van der Waals surface area contributed by atoms with Gasteiger partial charge >= 0.3 is 0 Å². The summed E-state index contributed by atoms with van der Waals surface area (Å²) in [5, 5.41) is 3.42. The number of hydrogen-bond acceptors (Lipinski definition) is 3. The minimum absolute atomic E-state index is 0.128. The average Bonchev–Trinajstić information content (AvgIpc) is 2.89. The summed E-state index contributed by atoms with van der Waals surface area (Å²) in [4.78, 5) is 15.5. The third-order valence-corrected chi connectivity index (χ3v) is 6.74. The van der Waals surface area contributed by atoms with E-state index < -0.39 is 0 Å². The van der Waals surface area contributed by atoms with Crippen molar-refractivity contribution in [3.63, 3.8) is 0 Å². The Kier molecular flexibility index (Phi) is 3.73. The molecule has 3 atom stereocenters. The van der Waals surface area contributed by atoms with Crippen LogP contribution in [0.5, 0.6) is 0 Å². The number of rotatable bonds is 2. The molecule has 0 bridgehead atoms. The molecule has 2 aliphatic carbocycles. The maximum Gasteiger partial charge on any atom is 0.138 e. The Labute approximate surface area is 156 Å². The van der Waals surface area contributed by atoms with Crippen LogP contribution in [0.2, 0.25) is 0 Å². The van der Waals surface area contributed by atoms with Gasteiger partial charge in [0, 0.05) is 47.5 Å². The molecule has 136 valence electrons. The Morgan fingerprint density at radius 3 is 3.04 bits per heavy atom. The highest BCUT2D eigenvalue weighted by molar-refractivity contribution is 5.83. The molecule has 1 fully saturated rings. The molecular formula is C23H28N2O. The average molecular weight is 348 g/mol. The first-order chi connectivity index (χ1) is 12.6. The van der Waals surface area contributed by atoms with Crippen molar-refractivity contribution in [2.24, 2.45) is 17.8 Å². The van der Waals surface area contributed by atoms with Gasteiger partial charge in [0.25, 0.3) is 0 Å². The molecule has 3 nitrogen and oxygen atoms in total. The van der Waals surface area contributed by atoms with Crippen LogP contribution in [0.25, 0.3) is 0 Å². The summed E-state index contributed by atoms with van der Waals surface area (Å²) in [6.07, 6.45) is 17.0. The van der Waals surface area contributed by atoms with E-state index in [0.717, 1.165) is 32.2 Å². The van der Waals surface area contributed by atoms with Crippen molar-refractivity contribution >= 4 is 5.78 Å². The number of nitrogens with zero attached hydrogens (tertiary/aromatic N) is 1. The number of nitrogens with one attached hydrogen (secondary N) is 1. The minimum Gasteiger partial charge on any atom is -0.387 e. The summed E-state index contributed by atoms with van der Waals surface area (Å²) < 4.78 is 0. The van der Waals surface area contributed by atoms with E-state index in [2.05, 4.69) is 40.7 Å². The Balaban J connectivity index is 1.63. The van der Waals surface area contributed by atoms with E-state index in [1.807, 2.05) is 13.8 Å². The predicted octanol–water partition coefficient (Wildman–Crippen LogP) is 4.23. The highest BCUT2D eigenvalue weighted by atomic mass is 16.1. The summed E-state index contributed by atoms with van der Waals surface area (Å²) in [6, 6.07) is 0.475. The van der Waals surface area contributed by atoms with Gasteiger partial charge in [-0.15, -0.1) is 0 Å². The van der Waals surface area contributed by atoms with Crippen LogP contribution in [0.1, 0.15) is 46.0 Å². The Morgan fingerprint density at radius 2 is 2.19 bits per heavy atom. The third-order valence-electron chi connectivity index (χ3n) is 6.74. The van der Waals surface area contributed by atoms with Gasteiger partial charge in [0.1, 0.15) is 5.78 Å². The fraction of sp³-hybridized carbons (Fsp3) is 0.522. The quantitative estimate of drug-likeness (QED) is 0.811. The highest BCUT2D eigenvalue weighted by Gasteiger charge is 2.47. The Hall–Kier alpha value is -2.03. The zero-order valence-electron chi connectivity index (χ0n) is 15.8. The molecule has 0 spiro atoms. The van der Waals surface area contributed by atoms with Crippen LogP contribution in [-0.2, 0) is 4.79 Å². The summed E-state index contributed by atoms with van der Waals surface area (Å²) in [6.45, 7) is 5.00. The van der Waals surface area contributed by atoms with Gasteiger partial charge < -0.3 is 10.2 Å². The van der Waals surface area contributed by atoms with Crippen LogP contribution in [0.3, 0.4) is 0 Å². The molecule has 5 rings (SSSR count). The van der Waals surface area contributed by atoms with Gasteiger partial charge in [0.15, 0.2) is 0 Å². The Bertz CT molecular complexity index is 808. The lowest BCUT2D eigenvalue weighted by molar-refractivity contribution is -0.126. The SMILES string of the molecule is CC(C)C(=O)C1CC2=C3C(C1)C1=CNCC=C1N3C1CCC=CC1=CC2. The largest absolute Gasteiger partial charge is 0.387 e. The number of fused-ring (bicyclic) bond motifs is 5. The summed E-state index contributed by atoms with van der Waals surface area (Å²) in [5.41, 5.74) is 7.34. The van der Waals surface area contributed by atoms with Crippen LogP contribution in [0.4, 0.5) is 0 Å². The van der Waals surface area contributed by atoms with Gasteiger partial charge in [-0.2, -0.15) is 0 Å². The van der Waals surface area contributed by atoms with Crippen molar-refractivity contribution in [1.82, 2.24) is 10.2 Å². The van der Waals surface area contributed by atoms with E-state index in [-0.39, 0.29) is 11.8 Å². The van der Waals surface area contributed by atoms with Crippen molar-refractivity contribution in [2.75, 3.05) is 6.54 Å². The number of Topliss-reactive ketones (excluding diaryl/α,β-unsaturated/α-hetero) is 1. The lowest BCUT2D eigenvalue weighted by atomic mass is 9.74. The predicted molar refractivity (Wildman–Crippen MR) is 104 cm³/mol. The maximum absolute atomic E-state index is 12.8. The van der Waals surface area contributed by atoms with Crippen LogP contribution in [0, 0.1) is 17.8 Å². The fourth-order valence-corrected chi connectivity index (χ4v) is 5.59. The van der Waals surface area contributed by atoms with Crippen LogP contribution in [-0.4, -0.2) is 23.3 Å². The molecule has 3 aliphatic heterocycles. The third kappa shape index (κ3) is 2.29. The second-order valence-electron chi connectivity index (χ2n) is 8.61. The smallest absolute Gasteiger partial charge is 0.138 e. The number of ketones is 1. The molecule has 1 N–H and O–H groups in total. The lowest BCUT2D eigenvalue weighted by Gasteiger charge is -2.37.